The summed E-state index contributed by atoms with van der Waals surface area (Å²) in [5, 5.41) is 0. The molecule has 4 heteroatoms. The SMILES string of the molecule is CC1(c2ccoc2)CC(=O)OC1=O. The highest BCUT2D eigenvalue weighted by molar-refractivity contribution is 6.00. The molecule has 2 heterocycles. The quantitative estimate of drug-likeness (QED) is 0.478. The largest absolute Gasteiger partial charge is 0.472 e. The van der Waals surface area contributed by atoms with Crippen LogP contribution in [0, 0.1) is 0 Å². The smallest absolute Gasteiger partial charge is 0.324 e. The third-order valence-electron chi connectivity index (χ3n) is 2.31. The molecule has 1 aliphatic rings. The number of ether oxygens (including phenoxy) is 1. The second-order valence-electron chi connectivity index (χ2n) is 3.28. The molecule has 0 aromatic carbocycles. The topological polar surface area (TPSA) is 56.5 Å². The summed E-state index contributed by atoms with van der Waals surface area (Å²) in [6.07, 6.45) is 3.02. The maximum atomic E-state index is 11.3. The van der Waals surface area contributed by atoms with Crippen LogP contribution in [-0.2, 0) is 19.7 Å². The second-order valence-corrected chi connectivity index (χ2v) is 3.28. The van der Waals surface area contributed by atoms with E-state index in [-0.39, 0.29) is 6.42 Å². The fraction of sp³-hybridized carbons (Fsp3) is 0.333. The minimum absolute atomic E-state index is 0.0887. The van der Waals surface area contributed by atoms with E-state index in [9.17, 15) is 9.59 Å². The molecular weight excluding hydrogens is 172 g/mol. The number of hydrogen-bond acceptors (Lipinski definition) is 4. The van der Waals surface area contributed by atoms with Gasteiger partial charge in [0.05, 0.1) is 18.9 Å². The molecule has 1 aromatic heterocycles. The molecule has 2 rings (SSSR count). The van der Waals surface area contributed by atoms with E-state index in [2.05, 4.69) is 4.74 Å². The van der Waals surface area contributed by atoms with Crippen LogP contribution in [0.15, 0.2) is 23.0 Å². The molecule has 4 nitrogen and oxygen atoms in total. The van der Waals surface area contributed by atoms with Crippen molar-refractivity contribution in [2.75, 3.05) is 0 Å². The lowest BCUT2D eigenvalue weighted by molar-refractivity contribution is -0.153. The Morgan fingerprint density at radius 2 is 2.23 bits per heavy atom. The van der Waals surface area contributed by atoms with Crippen LogP contribution in [0.2, 0.25) is 0 Å². The average molecular weight is 180 g/mol. The van der Waals surface area contributed by atoms with Gasteiger partial charge in [0.2, 0.25) is 0 Å². The van der Waals surface area contributed by atoms with E-state index in [4.69, 9.17) is 4.42 Å². The van der Waals surface area contributed by atoms with Crippen molar-refractivity contribution in [2.24, 2.45) is 0 Å². The molecule has 0 N–H and O–H groups in total. The first-order chi connectivity index (χ1) is 6.13. The standard InChI is InChI=1S/C9H8O4/c1-9(6-2-3-12-5-6)4-7(10)13-8(9)11/h2-3,5H,4H2,1H3. The lowest BCUT2D eigenvalue weighted by atomic mass is 9.83. The summed E-state index contributed by atoms with van der Waals surface area (Å²) in [5.41, 5.74) is -0.173. The molecular formula is C9H8O4. The summed E-state index contributed by atoms with van der Waals surface area (Å²) in [5.74, 6) is -0.979. The summed E-state index contributed by atoms with van der Waals surface area (Å²) < 4.78 is 9.34. The zero-order chi connectivity index (χ0) is 9.47. The Bertz CT molecular complexity index is 352. The highest BCUT2D eigenvalue weighted by Gasteiger charge is 2.47. The monoisotopic (exact) mass is 180 g/mol. The van der Waals surface area contributed by atoms with Gasteiger partial charge in [-0.2, -0.15) is 0 Å². The molecule has 1 fully saturated rings. The van der Waals surface area contributed by atoms with Crippen molar-refractivity contribution in [3.63, 3.8) is 0 Å². The minimum Gasteiger partial charge on any atom is -0.472 e. The summed E-state index contributed by atoms with van der Waals surface area (Å²) in [4.78, 5) is 22.2. The minimum atomic E-state index is -0.857. The average Bonchev–Trinajstić information content (AvgIpc) is 2.61. The molecule has 0 spiro atoms. The maximum Gasteiger partial charge on any atom is 0.324 e. The van der Waals surface area contributed by atoms with E-state index in [1.807, 2.05) is 0 Å². The molecule has 0 amide bonds. The summed E-state index contributed by atoms with van der Waals surface area (Å²) >= 11 is 0. The van der Waals surface area contributed by atoms with Gasteiger partial charge in [-0.05, 0) is 13.0 Å². The van der Waals surface area contributed by atoms with Gasteiger partial charge in [0, 0.05) is 5.56 Å². The van der Waals surface area contributed by atoms with E-state index in [0.29, 0.717) is 5.56 Å². The van der Waals surface area contributed by atoms with E-state index < -0.39 is 17.4 Å². The van der Waals surface area contributed by atoms with Crippen molar-refractivity contribution in [1.29, 1.82) is 0 Å². The van der Waals surface area contributed by atoms with Crippen molar-refractivity contribution in [3.05, 3.63) is 24.2 Å². The first-order valence-electron chi connectivity index (χ1n) is 3.91. The van der Waals surface area contributed by atoms with Gasteiger partial charge in [0.15, 0.2) is 0 Å². The van der Waals surface area contributed by atoms with Gasteiger partial charge in [0.1, 0.15) is 5.41 Å². The lowest BCUT2D eigenvalue weighted by Gasteiger charge is -2.14. The number of esters is 2. The number of cyclic esters (lactones) is 2. The molecule has 1 atom stereocenters. The number of hydrogen-bond donors (Lipinski definition) is 0. The van der Waals surface area contributed by atoms with Crippen LogP contribution in [0.1, 0.15) is 18.9 Å². The van der Waals surface area contributed by atoms with Crippen LogP contribution < -0.4 is 0 Å². The Kier molecular flexibility index (Phi) is 1.52. The van der Waals surface area contributed by atoms with Crippen molar-refractivity contribution in [2.45, 2.75) is 18.8 Å². The van der Waals surface area contributed by atoms with Gasteiger partial charge in [0.25, 0.3) is 0 Å². The molecule has 0 aliphatic carbocycles. The van der Waals surface area contributed by atoms with Crippen LogP contribution >= 0.6 is 0 Å². The zero-order valence-corrected chi connectivity index (χ0v) is 7.07. The molecule has 0 saturated carbocycles. The normalized spacial score (nSPS) is 27.8. The maximum absolute atomic E-state index is 11.3. The fourth-order valence-corrected chi connectivity index (χ4v) is 1.41. The molecule has 0 radical (unpaired) electrons. The zero-order valence-electron chi connectivity index (χ0n) is 7.07. The molecule has 68 valence electrons. The number of carbonyl (C=O) groups excluding carboxylic acids is 2. The molecule has 13 heavy (non-hydrogen) atoms. The highest BCUT2D eigenvalue weighted by atomic mass is 16.6. The van der Waals surface area contributed by atoms with Crippen LogP contribution in [0.3, 0.4) is 0 Å². The van der Waals surface area contributed by atoms with Crippen molar-refractivity contribution >= 4 is 11.9 Å². The van der Waals surface area contributed by atoms with E-state index >= 15 is 0 Å². The Hall–Kier alpha value is -1.58. The molecule has 1 aromatic rings. The number of carbonyl (C=O) groups is 2. The van der Waals surface area contributed by atoms with Crippen LogP contribution in [0.4, 0.5) is 0 Å². The molecule has 1 aliphatic heterocycles. The molecule has 0 bridgehead atoms. The predicted molar refractivity (Wildman–Crippen MR) is 41.8 cm³/mol. The van der Waals surface area contributed by atoms with E-state index in [1.165, 1.54) is 12.5 Å². The Morgan fingerprint density at radius 1 is 1.46 bits per heavy atom. The number of furan rings is 1. The lowest BCUT2D eigenvalue weighted by Crippen LogP contribution is -2.26. The third kappa shape index (κ3) is 1.06. The van der Waals surface area contributed by atoms with Crippen LogP contribution in [-0.4, -0.2) is 11.9 Å². The van der Waals surface area contributed by atoms with Gasteiger partial charge < -0.3 is 9.15 Å². The summed E-state index contributed by atoms with van der Waals surface area (Å²) in [6.45, 7) is 1.67. The van der Waals surface area contributed by atoms with Crippen LogP contribution in [0.5, 0.6) is 0 Å². The van der Waals surface area contributed by atoms with Crippen LogP contribution in [0.25, 0.3) is 0 Å². The fourth-order valence-electron chi connectivity index (χ4n) is 1.41. The van der Waals surface area contributed by atoms with Gasteiger partial charge in [-0.25, -0.2) is 0 Å². The molecule has 1 unspecified atom stereocenters. The van der Waals surface area contributed by atoms with Gasteiger partial charge in [-0.15, -0.1) is 0 Å². The summed E-state index contributed by atoms with van der Waals surface area (Å²) in [7, 11) is 0. The predicted octanol–water partition coefficient (Wildman–Crippen LogP) is 1.01. The Balaban J connectivity index is 2.42. The Morgan fingerprint density at radius 3 is 2.69 bits per heavy atom. The Labute approximate surface area is 74.5 Å². The van der Waals surface area contributed by atoms with Gasteiger partial charge in [-0.1, -0.05) is 0 Å². The van der Waals surface area contributed by atoms with Crippen molar-refractivity contribution in [1.82, 2.24) is 0 Å². The number of rotatable bonds is 1. The van der Waals surface area contributed by atoms with E-state index in [0.717, 1.165) is 0 Å². The molecule has 1 saturated heterocycles. The highest BCUT2D eigenvalue weighted by Crippen LogP contribution is 2.34. The third-order valence-corrected chi connectivity index (χ3v) is 2.31. The van der Waals surface area contributed by atoms with E-state index in [1.54, 1.807) is 13.0 Å². The first-order valence-corrected chi connectivity index (χ1v) is 3.91. The second kappa shape index (κ2) is 2.45. The first kappa shape index (κ1) is 8.04. The summed E-state index contributed by atoms with van der Waals surface area (Å²) in [6, 6.07) is 1.67. The van der Waals surface area contributed by atoms with Crippen molar-refractivity contribution in [3.8, 4) is 0 Å². The van der Waals surface area contributed by atoms with Gasteiger partial charge >= 0.3 is 11.9 Å². The van der Waals surface area contributed by atoms with Gasteiger partial charge in [-0.3, -0.25) is 9.59 Å². The van der Waals surface area contributed by atoms with Crippen molar-refractivity contribution < 1.29 is 18.7 Å².